The first-order valence-electron chi connectivity index (χ1n) is 8.57. The van der Waals surface area contributed by atoms with Crippen molar-refractivity contribution in [3.05, 3.63) is 29.8 Å². The minimum Gasteiger partial charge on any atom is -0.481 e. The quantitative estimate of drug-likeness (QED) is 0.870. The highest BCUT2D eigenvalue weighted by molar-refractivity contribution is 5.80. The van der Waals surface area contributed by atoms with Crippen LogP contribution >= 0.6 is 0 Å². The van der Waals surface area contributed by atoms with Gasteiger partial charge in [0.1, 0.15) is 5.75 Å². The summed E-state index contributed by atoms with van der Waals surface area (Å²) in [4.78, 5) is 12.3. The van der Waals surface area contributed by atoms with E-state index in [1.807, 2.05) is 0 Å². The summed E-state index contributed by atoms with van der Waals surface area (Å²) in [5, 5.41) is 11.8. The molecule has 1 aliphatic rings. The molecule has 1 aliphatic heterocycles. The van der Waals surface area contributed by atoms with Gasteiger partial charge in [-0.15, -0.1) is 0 Å². The minimum atomic E-state index is -0.583. The van der Waals surface area contributed by atoms with Gasteiger partial charge in [0, 0.05) is 19.1 Å². The molecule has 2 rings (SSSR count). The van der Waals surface area contributed by atoms with Gasteiger partial charge in [-0.3, -0.25) is 4.79 Å². The Balaban J connectivity index is 1.83. The van der Waals surface area contributed by atoms with Crippen LogP contribution in [-0.4, -0.2) is 31.3 Å². The lowest BCUT2D eigenvalue weighted by Gasteiger charge is -2.34. The van der Waals surface area contributed by atoms with E-state index in [9.17, 15) is 4.79 Å². The molecule has 1 saturated heterocycles. The number of hydrogen-bond donors (Lipinski definition) is 1. The van der Waals surface area contributed by atoms with Crippen molar-refractivity contribution in [3.63, 3.8) is 0 Å². The van der Waals surface area contributed by atoms with Crippen molar-refractivity contribution < 1.29 is 14.3 Å². The molecule has 130 valence electrons. The monoisotopic (exact) mass is 330 g/mol. The molecule has 0 spiro atoms. The van der Waals surface area contributed by atoms with Crippen LogP contribution in [0.1, 0.15) is 39.2 Å². The summed E-state index contributed by atoms with van der Waals surface area (Å²) in [6, 6.07) is 8.80. The summed E-state index contributed by atoms with van der Waals surface area (Å²) in [5.74, 6) is 1.24. The van der Waals surface area contributed by atoms with Crippen LogP contribution in [0.2, 0.25) is 0 Å². The number of hydrogen-bond acceptors (Lipinski definition) is 4. The number of benzene rings is 1. The van der Waals surface area contributed by atoms with E-state index in [0.29, 0.717) is 29.7 Å². The fourth-order valence-corrected chi connectivity index (χ4v) is 3.06. The molecule has 0 saturated carbocycles. The molecule has 1 fully saturated rings. The molecular formula is C19H26N2O3. The van der Waals surface area contributed by atoms with E-state index in [0.717, 1.165) is 19.4 Å². The average Bonchev–Trinajstić information content (AvgIpc) is 2.60. The van der Waals surface area contributed by atoms with Gasteiger partial charge in [-0.1, -0.05) is 13.8 Å². The lowest BCUT2D eigenvalue weighted by molar-refractivity contribution is -0.128. The first-order chi connectivity index (χ1) is 11.5. The smallest absolute Gasteiger partial charge is 0.260 e. The number of nitriles is 1. The minimum absolute atomic E-state index is 0.132. The molecule has 1 heterocycles. The van der Waals surface area contributed by atoms with Gasteiger partial charge >= 0.3 is 0 Å². The molecule has 0 aliphatic carbocycles. The van der Waals surface area contributed by atoms with E-state index < -0.39 is 6.10 Å². The third-order valence-electron chi connectivity index (χ3n) is 4.36. The third-order valence-corrected chi connectivity index (χ3v) is 4.36. The van der Waals surface area contributed by atoms with E-state index in [2.05, 4.69) is 25.2 Å². The van der Waals surface area contributed by atoms with Crippen LogP contribution in [0.25, 0.3) is 0 Å². The lowest BCUT2D eigenvalue weighted by Crippen LogP contribution is -2.44. The predicted octanol–water partition coefficient (Wildman–Crippen LogP) is 2.89. The second kappa shape index (κ2) is 8.70. The molecule has 3 atom stereocenters. The van der Waals surface area contributed by atoms with E-state index in [-0.39, 0.29) is 12.0 Å². The molecule has 0 unspecified atom stereocenters. The molecule has 5 heteroatoms. The molecule has 1 amide bonds. The second-order valence-corrected chi connectivity index (χ2v) is 6.62. The third kappa shape index (κ3) is 4.97. The van der Waals surface area contributed by atoms with Crippen LogP contribution in [0.5, 0.6) is 5.75 Å². The molecule has 24 heavy (non-hydrogen) atoms. The maximum atomic E-state index is 12.3. The zero-order valence-electron chi connectivity index (χ0n) is 14.6. The lowest BCUT2D eigenvalue weighted by atomic mass is 9.87. The SMILES string of the molecule is CC(C)[C@H]1OCCC[C@H]1CNC(=O)[C@H](C)Oc1ccc(C#N)cc1. The van der Waals surface area contributed by atoms with Crippen molar-refractivity contribution in [2.75, 3.05) is 13.2 Å². The van der Waals surface area contributed by atoms with Crippen LogP contribution in [0.3, 0.4) is 0 Å². The Morgan fingerprint density at radius 2 is 2.08 bits per heavy atom. The summed E-state index contributed by atoms with van der Waals surface area (Å²) in [6.07, 6.45) is 1.74. The number of carbonyl (C=O) groups excluding carboxylic acids is 1. The first-order valence-corrected chi connectivity index (χ1v) is 8.57. The molecule has 0 aromatic heterocycles. The van der Waals surface area contributed by atoms with Crippen molar-refractivity contribution >= 4 is 5.91 Å². The van der Waals surface area contributed by atoms with Crippen molar-refractivity contribution in [3.8, 4) is 11.8 Å². The van der Waals surface area contributed by atoms with Gasteiger partial charge in [-0.05, 0) is 49.9 Å². The predicted molar refractivity (Wildman–Crippen MR) is 91.6 cm³/mol. The van der Waals surface area contributed by atoms with Crippen LogP contribution in [0.15, 0.2) is 24.3 Å². The highest BCUT2D eigenvalue weighted by atomic mass is 16.5. The van der Waals surface area contributed by atoms with Crippen molar-refractivity contribution in [1.29, 1.82) is 5.26 Å². The molecule has 0 radical (unpaired) electrons. The molecule has 1 aromatic carbocycles. The highest BCUT2D eigenvalue weighted by Gasteiger charge is 2.29. The van der Waals surface area contributed by atoms with Gasteiger partial charge in [-0.25, -0.2) is 0 Å². The molecule has 1 aromatic rings. The standard InChI is InChI=1S/C19H26N2O3/c1-13(2)18-16(5-4-10-23-18)12-21-19(22)14(3)24-17-8-6-15(11-20)7-9-17/h6-9,13-14,16,18H,4-5,10,12H2,1-3H3,(H,21,22)/t14-,16-,18+/m0/s1. The first kappa shape index (κ1) is 18.3. The molecular weight excluding hydrogens is 304 g/mol. The van der Waals surface area contributed by atoms with Gasteiger partial charge in [-0.2, -0.15) is 5.26 Å². The normalized spacial score (nSPS) is 21.8. The Morgan fingerprint density at radius 1 is 1.38 bits per heavy atom. The Morgan fingerprint density at radius 3 is 2.71 bits per heavy atom. The molecule has 0 bridgehead atoms. The maximum Gasteiger partial charge on any atom is 0.260 e. The van der Waals surface area contributed by atoms with E-state index >= 15 is 0 Å². The second-order valence-electron chi connectivity index (χ2n) is 6.62. The Labute approximate surface area is 144 Å². The van der Waals surface area contributed by atoms with Crippen LogP contribution in [-0.2, 0) is 9.53 Å². The zero-order chi connectivity index (χ0) is 17.5. The van der Waals surface area contributed by atoms with Crippen LogP contribution in [0, 0.1) is 23.2 Å². The number of nitrogens with zero attached hydrogens (tertiary/aromatic N) is 1. The summed E-state index contributed by atoms with van der Waals surface area (Å²) >= 11 is 0. The number of carbonyl (C=O) groups is 1. The number of nitrogens with one attached hydrogen (secondary N) is 1. The van der Waals surface area contributed by atoms with Gasteiger partial charge in [0.05, 0.1) is 17.7 Å². The van der Waals surface area contributed by atoms with Crippen LogP contribution < -0.4 is 10.1 Å². The van der Waals surface area contributed by atoms with Crippen molar-refractivity contribution in [1.82, 2.24) is 5.32 Å². The summed E-state index contributed by atoms with van der Waals surface area (Å²) in [6.45, 7) is 7.46. The summed E-state index contributed by atoms with van der Waals surface area (Å²) in [7, 11) is 0. The summed E-state index contributed by atoms with van der Waals surface area (Å²) < 4.78 is 11.5. The Bertz CT molecular complexity index is 577. The fourth-order valence-electron chi connectivity index (χ4n) is 3.06. The molecule has 1 N–H and O–H groups in total. The van der Waals surface area contributed by atoms with Gasteiger partial charge in [0.25, 0.3) is 5.91 Å². The Kier molecular flexibility index (Phi) is 6.62. The zero-order valence-corrected chi connectivity index (χ0v) is 14.6. The maximum absolute atomic E-state index is 12.3. The van der Waals surface area contributed by atoms with Gasteiger partial charge < -0.3 is 14.8 Å². The largest absolute Gasteiger partial charge is 0.481 e. The van der Waals surface area contributed by atoms with Crippen LogP contribution in [0.4, 0.5) is 0 Å². The fraction of sp³-hybridized carbons (Fsp3) is 0.579. The van der Waals surface area contributed by atoms with Crippen molar-refractivity contribution in [2.45, 2.75) is 45.8 Å². The van der Waals surface area contributed by atoms with Gasteiger partial charge in [0.15, 0.2) is 6.10 Å². The van der Waals surface area contributed by atoms with Gasteiger partial charge in [0.2, 0.25) is 0 Å². The topological polar surface area (TPSA) is 71.3 Å². The highest BCUT2D eigenvalue weighted by Crippen LogP contribution is 2.25. The average molecular weight is 330 g/mol. The number of rotatable bonds is 6. The number of ether oxygens (including phenoxy) is 2. The Hall–Kier alpha value is -2.06. The van der Waals surface area contributed by atoms with E-state index in [1.54, 1.807) is 31.2 Å². The summed E-state index contributed by atoms with van der Waals surface area (Å²) in [5.41, 5.74) is 0.566. The van der Waals surface area contributed by atoms with E-state index in [1.165, 1.54) is 0 Å². The number of amides is 1. The van der Waals surface area contributed by atoms with Crippen molar-refractivity contribution in [2.24, 2.45) is 11.8 Å². The van der Waals surface area contributed by atoms with E-state index in [4.69, 9.17) is 14.7 Å². The molecule has 5 nitrogen and oxygen atoms in total.